The summed E-state index contributed by atoms with van der Waals surface area (Å²) >= 11 is 0. The summed E-state index contributed by atoms with van der Waals surface area (Å²) < 4.78 is 0. The maximum Gasteiger partial charge on any atom is 0.245 e. The van der Waals surface area contributed by atoms with Gasteiger partial charge in [-0.2, -0.15) is 0 Å². The Kier molecular flexibility index (Phi) is 10.9. The standard InChI is InChI=1S/C25H45N3O3/c1-10-19(7)28-14-12-11-13-21(28)24(30)26-23(17(4)5)25(31)27(9)22(16(2)3)15-18(6)20(8)29/h15-17,19,21-23H,10-14H2,1-9H3,(H,26,30)/b18-15+/t19?,21-,22-,23+/m1/s1. The van der Waals surface area contributed by atoms with E-state index in [-0.39, 0.29) is 41.5 Å². The van der Waals surface area contributed by atoms with Gasteiger partial charge in [-0.05, 0) is 64.0 Å². The summed E-state index contributed by atoms with van der Waals surface area (Å²) in [6.45, 7) is 16.6. The topological polar surface area (TPSA) is 69.7 Å². The quantitative estimate of drug-likeness (QED) is 0.530. The third-order valence-electron chi connectivity index (χ3n) is 6.69. The molecule has 1 aliphatic heterocycles. The van der Waals surface area contributed by atoms with E-state index >= 15 is 0 Å². The van der Waals surface area contributed by atoms with Crippen LogP contribution in [0.4, 0.5) is 0 Å². The Morgan fingerprint density at radius 3 is 2.16 bits per heavy atom. The minimum absolute atomic E-state index is 0.00245. The molecule has 31 heavy (non-hydrogen) atoms. The van der Waals surface area contributed by atoms with Crippen LogP contribution in [0.25, 0.3) is 0 Å². The Labute approximate surface area is 189 Å². The lowest BCUT2D eigenvalue weighted by Gasteiger charge is -2.40. The lowest BCUT2D eigenvalue weighted by molar-refractivity contribution is -0.140. The zero-order valence-electron chi connectivity index (χ0n) is 21.2. The fourth-order valence-corrected chi connectivity index (χ4v) is 4.25. The normalized spacial score (nSPS) is 21.0. The molecule has 0 radical (unpaired) electrons. The van der Waals surface area contributed by atoms with Crippen molar-refractivity contribution in [1.82, 2.24) is 15.1 Å². The second-order valence-corrected chi connectivity index (χ2v) is 9.83. The van der Waals surface area contributed by atoms with E-state index < -0.39 is 6.04 Å². The van der Waals surface area contributed by atoms with E-state index in [4.69, 9.17) is 0 Å². The van der Waals surface area contributed by atoms with Crippen molar-refractivity contribution < 1.29 is 14.4 Å². The number of Topliss-reactive ketones (excluding diaryl/α,β-unsaturated/α-hetero) is 1. The van der Waals surface area contributed by atoms with Crippen molar-refractivity contribution in [3.63, 3.8) is 0 Å². The van der Waals surface area contributed by atoms with Gasteiger partial charge in [0.25, 0.3) is 0 Å². The van der Waals surface area contributed by atoms with Crippen LogP contribution >= 0.6 is 0 Å². The predicted molar refractivity (Wildman–Crippen MR) is 127 cm³/mol. The number of allylic oxidation sites excluding steroid dienone is 1. The van der Waals surface area contributed by atoms with Gasteiger partial charge in [-0.15, -0.1) is 0 Å². The highest BCUT2D eigenvalue weighted by Gasteiger charge is 2.36. The lowest BCUT2D eigenvalue weighted by Crippen LogP contribution is -2.59. The van der Waals surface area contributed by atoms with Crippen LogP contribution in [-0.2, 0) is 14.4 Å². The van der Waals surface area contributed by atoms with Crippen molar-refractivity contribution in [2.24, 2.45) is 11.8 Å². The molecule has 0 saturated carbocycles. The van der Waals surface area contributed by atoms with Crippen molar-refractivity contribution in [3.8, 4) is 0 Å². The Morgan fingerprint density at radius 1 is 1.06 bits per heavy atom. The molecule has 1 N–H and O–H groups in total. The Hall–Kier alpha value is -1.69. The van der Waals surface area contributed by atoms with Crippen LogP contribution in [0.1, 0.15) is 81.1 Å². The molecule has 6 nitrogen and oxygen atoms in total. The molecule has 1 saturated heterocycles. The number of nitrogens with one attached hydrogen (secondary N) is 1. The van der Waals surface area contributed by atoms with Gasteiger partial charge in [0.2, 0.25) is 11.8 Å². The smallest absolute Gasteiger partial charge is 0.245 e. The van der Waals surface area contributed by atoms with Gasteiger partial charge in [-0.1, -0.05) is 47.1 Å². The monoisotopic (exact) mass is 435 g/mol. The second-order valence-electron chi connectivity index (χ2n) is 9.83. The van der Waals surface area contributed by atoms with Crippen molar-refractivity contribution >= 4 is 17.6 Å². The molecule has 178 valence electrons. The summed E-state index contributed by atoms with van der Waals surface area (Å²) in [5, 5.41) is 3.09. The maximum atomic E-state index is 13.5. The first kappa shape index (κ1) is 27.3. The number of hydrogen-bond donors (Lipinski definition) is 1. The molecule has 0 aromatic rings. The summed E-state index contributed by atoms with van der Waals surface area (Å²) in [5.41, 5.74) is 0.648. The number of nitrogens with zero attached hydrogens (tertiary/aromatic N) is 2. The summed E-state index contributed by atoms with van der Waals surface area (Å²) in [5.74, 6) is -0.0450. The first-order chi connectivity index (χ1) is 14.4. The van der Waals surface area contributed by atoms with Gasteiger partial charge in [0, 0.05) is 13.1 Å². The number of carbonyl (C=O) groups excluding carboxylic acids is 3. The molecule has 0 aliphatic carbocycles. The summed E-state index contributed by atoms with van der Waals surface area (Å²) in [4.78, 5) is 42.4. The number of likely N-dealkylation sites (tertiary alicyclic amines) is 1. The van der Waals surface area contributed by atoms with Gasteiger partial charge in [0.05, 0.1) is 12.1 Å². The molecule has 4 atom stereocenters. The van der Waals surface area contributed by atoms with Crippen molar-refractivity contribution in [2.45, 2.75) is 105 Å². The van der Waals surface area contributed by atoms with E-state index in [9.17, 15) is 14.4 Å². The summed E-state index contributed by atoms with van der Waals surface area (Å²) in [6, 6.07) is -0.632. The zero-order chi connectivity index (χ0) is 23.9. The summed E-state index contributed by atoms with van der Waals surface area (Å²) in [7, 11) is 1.77. The van der Waals surface area contributed by atoms with Crippen molar-refractivity contribution in [2.75, 3.05) is 13.6 Å². The van der Waals surface area contributed by atoms with E-state index in [0.717, 1.165) is 32.2 Å². The van der Waals surface area contributed by atoms with Gasteiger partial charge in [-0.25, -0.2) is 0 Å². The second kappa shape index (κ2) is 12.4. The summed E-state index contributed by atoms with van der Waals surface area (Å²) in [6.07, 6.45) is 5.85. The van der Waals surface area contributed by atoms with Gasteiger partial charge < -0.3 is 10.2 Å². The third kappa shape index (κ3) is 7.44. The SMILES string of the molecule is CCC(C)N1CCCC[C@@H]1C(=O)N[C@H](C(=O)N(C)[C@H](/C=C(\C)C(C)=O)C(C)C)C(C)C. The predicted octanol–water partition coefficient (Wildman–Crippen LogP) is 3.80. The molecule has 0 spiro atoms. The fourth-order valence-electron chi connectivity index (χ4n) is 4.25. The third-order valence-corrected chi connectivity index (χ3v) is 6.69. The fraction of sp³-hybridized carbons (Fsp3) is 0.800. The molecule has 2 amide bonds. The number of rotatable bonds is 10. The van der Waals surface area contributed by atoms with Gasteiger partial charge in [-0.3, -0.25) is 19.3 Å². The number of hydrogen-bond acceptors (Lipinski definition) is 4. The highest BCUT2D eigenvalue weighted by molar-refractivity contribution is 5.93. The average Bonchev–Trinajstić information content (AvgIpc) is 2.73. The van der Waals surface area contributed by atoms with E-state index in [0.29, 0.717) is 11.6 Å². The number of amides is 2. The number of ketones is 1. The molecular weight excluding hydrogens is 390 g/mol. The largest absolute Gasteiger partial charge is 0.343 e. The number of likely N-dealkylation sites (N-methyl/N-ethyl adjacent to an activating group) is 1. The first-order valence-corrected chi connectivity index (χ1v) is 11.9. The van der Waals surface area contributed by atoms with Gasteiger partial charge in [0.15, 0.2) is 5.78 Å². The van der Waals surface area contributed by atoms with Crippen LogP contribution in [0, 0.1) is 11.8 Å². The Bertz CT molecular complexity index is 656. The van der Waals surface area contributed by atoms with E-state index in [1.54, 1.807) is 18.9 Å². The molecule has 1 rings (SSSR count). The van der Waals surface area contributed by atoms with Crippen LogP contribution in [0.5, 0.6) is 0 Å². The molecule has 1 heterocycles. The van der Waals surface area contributed by atoms with Crippen LogP contribution in [-0.4, -0.2) is 65.2 Å². The van der Waals surface area contributed by atoms with Crippen molar-refractivity contribution in [1.29, 1.82) is 0 Å². The molecule has 1 unspecified atom stereocenters. The molecule has 1 fully saturated rings. The molecule has 6 heteroatoms. The highest BCUT2D eigenvalue weighted by Crippen LogP contribution is 2.22. The number of piperidine rings is 1. The lowest BCUT2D eigenvalue weighted by atomic mass is 9.95. The highest BCUT2D eigenvalue weighted by atomic mass is 16.2. The minimum Gasteiger partial charge on any atom is -0.343 e. The molecule has 0 bridgehead atoms. The molecular formula is C25H45N3O3. The maximum absolute atomic E-state index is 13.5. The van der Waals surface area contributed by atoms with Crippen LogP contribution in [0.2, 0.25) is 0 Å². The van der Waals surface area contributed by atoms with Crippen LogP contribution in [0.3, 0.4) is 0 Å². The van der Waals surface area contributed by atoms with Gasteiger partial charge >= 0.3 is 0 Å². The zero-order valence-corrected chi connectivity index (χ0v) is 21.2. The van der Waals surface area contributed by atoms with E-state index in [2.05, 4.69) is 24.1 Å². The van der Waals surface area contributed by atoms with E-state index in [1.165, 1.54) is 6.92 Å². The van der Waals surface area contributed by atoms with Crippen LogP contribution in [0.15, 0.2) is 11.6 Å². The van der Waals surface area contributed by atoms with Gasteiger partial charge in [0.1, 0.15) is 6.04 Å². The Balaban J connectivity index is 3.06. The molecule has 0 aromatic heterocycles. The minimum atomic E-state index is -0.592. The molecule has 0 aromatic carbocycles. The van der Waals surface area contributed by atoms with Crippen molar-refractivity contribution in [3.05, 3.63) is 11.6 Å². The number of carbonyl (C=O) groups is 3. The van der Waals surface area contributed by atoms with E-state index in [1.807, 2.05) is 33.8 Å². The molecule has 1 aliphatic rings. The first-order valence-electron chi connectivity index (χ1n) is 11.9. The Morgan fingerprint density at radius 2 is 1.68 bits per heavy atom. The average molecular weight is 436 g/mol. The van der Waals surface area contributed by atoms with Crippen LogP contribution < -0.4 is 5.32 Å².